The van der Waals surface area contributed by atoms with Crippen molar-refractivity contribution in [2.24, 2.45) is 12.8 Å². The summed E-state index contributed by atoms with van der Waals surface area (Å²) in [5.74, 6) is 1.43. The van der Waals surface area contributed by atoms with E-state index < -0.39 is 0 Å². The summed E-state index contributed by atoms with van der Waals surface area (Å²) < 4.78 is 7.75. The molecule has 4 rings (SSSR count). The summed E-state index contributed by atoms with van der Waals surface area (Å²) in [5.41, 5.74) is 9.27. The second-order valence-electron chi connectivity index (χ2n) is 6.76. The molecule has 2 N–H and O–H groups in total. The van der Waals surface area contributed by atoms with E-state index in [0.717, 1.165) is 11.3 Å². The Balaban J connectivity index is 1.72. The number of aromatic nitrogens is 5. The Labute approximate surface area is 173 Å². The summed E-state index contributed by atoms with van der Waals surface area (Å²) in [5, 5.41) is 13.8. The fourth-order valence-corrected chi connectivity index (χ4v) is 2.87. The van der Waals surface area contributed by atoms with Gasteiger partial charge in [0.15, 0.2) is 5.82 Å². The first-order chi connectivity index (χ1) is 14.5. The maximum atomic E-state index is 9.32. The van der Waals surface area contributed by atoms with Gasteiger partial charge in [0, 0.05) is 43.3 Å². The van der Waals surface area contributed by atoms with Crippen LogP contribution >= 0.6 is 0 Å². The van der Waals surface area contributed by atoms with Gasteiger partial charge in [-0.3, -0.25) is 4.98 Å². The maximum Gasteiger partial charge on any atom is 0.218 e. The molecule has 0 saturated heterocycles. The zero-order valence-corrected chi connectivity index (χ0v) is 16.5. The summed E-state index contributed by atoms with van der Waals surface area (Å²) >= 11 is 0. The summed E-state index contributed by atoms with van der Waals surface area (Å²) in [6.45, 7) is 1.87. The van der Waals surface area contributed by atoms with Crippen LogP contribution in [0.1, 0.15) is 24.1 Å². The van der Waals surface area contributed by atoms with Crippen LogP contribution in [0.2, 0.25) is 0 Å². The Kier molecular flexibility index (Phi) is 5.20. The van der Waals surface area contributed by atoms with Crippen LogP contribution in [0.5, 0.6) is 11.6 Å². The molecule has 30 heavy (non-hydrogen) atoms. The zero-order valence-electron chi connectivity index (χ0n) is 16.5. The van der Waals surface area contributed by atoms with E-state index in [1.807, 2.05) is 25.1 Å². The average Bonchev–Trinajstić information content (AvgIpc) is 3.14. The van der Waals surface area contributed by atoms with Crippen molar-refractivity contribution in [2.45, 2.75) is 13.0 Å². The van der Waals surface area contributed by atoms with Gasteiger partial charge < -0.3 is 10.5 Å². The first kappa shape index (κ1) is 19.2. The molecule has 8 nitrogen and oxygen atoms in total. The van der Waals surface area contributed by atoms with E-state index in [4.69, 9.17) is 10.5 Å². The molecule has 0 aliphatic carbocycles. The van der Waals surface area contributed by atoms with Crippen molar-refractivity contribution in [3.63, 3.8) is 0 Å². The van der Waals surface area contributed by atoms with Gasteiger partial charge in [-0.2, -0.15) is 10.4 Å². The molecule has 8 heteroatoms. The molecule has 4 aromatic rings. The fraction of sp³-hybridized carbons (Fsp3) is 0.136. The number of nitriles is 1. The third-order valence-corrected chi connectivity index (χ3v) is 4.53. The molecular weight excluding hydrogens is 378 g/mol. The van der Waals surface area contributed by atoms with Gasteiger partial charge in [0.1, 0.15) is 11.4 Å². The molecule has 3 aromatic heterocycles. The molecule has 148 valence electrons. The Morgan fingerprint density at radius 3 is 2.53 bits per heavy atom. The number of nitrogens with two attached hydrogens (primary N) is 1. The van der Waals surface area contributed by atoms with Crippen molar-refractivity contribution in [1.82, 2.24) is 24.7 Å². The van der Waals surface area contributed by atoms with E-state index in [2.05, 4.69) is 26.1 Å². The minimum absolute atomic E-state index is 0.157. The lowest BCUT2D eigenvalue weighted by Gasteiger charge is -2.11. The summed E-state index contributed by atoms with van der Waals surface area (Å²) in [6.07, 6.45) is 5.10. The molecular formula is C22H19N7O. The van der Waals surface area contributed by atoms with E-state index in [9.17, 15) is 5.26 Å². The number of benzene rings is 1. The molecule has 1 atom stereocenters. The molecule has 0 fully saturated rings. The van der Waals surface area contributed by atoms with Gasteiger partial charge in [0.2, 0.25) is 5.88 Å². The van der Waals surface area contributed by atoms with E-state index in [0.29, 0.717) is 34.3 Å². The average molecular weight is 397 g/mol. The van der Waals surface area contributed by atoms with Crippen LogP contribution in [0.3, 0.4) is 0 Å². The van der Waals surface area contributed by atoms with E-state index in [1.165, 1.54) is 0 Å². The van der Waals surface area contributed by atoms with Crippen LogP contribution in [-0.4, -0.2) is 24.7 Å². The minimum atomic E-state index is -0.157. The number of pyridine rings is 1. The molecule has 0 aliphatic heterocycles. The second-order valence-corrected chi connectivity index (χ2v) is 6.76. The van der Waals surface area contributed by atoms with E-state index in [-0.39, 0.29) is 6.04 Å². The normalized spacial score (nSPS) is 11.7. The molecule has 3 heterocycles. The van der Waals surface area contributed by atoms with Crippen LogP contribution < -0.4 is 10.5 Å². The van der Waals surface area contributed by atoms with Crippen LogP contribution in [-0.2, 0) is 7.05 Å². The third-order valence-electron chi connectivity index (χ3n) is 4.53. The number of rotatable bonds is 5. The molecule has 0 radical (unpaired) electrons. The maximum absolute atomic E-state index is 9.32. The van der Waals surface area contributed by atoms with Crippen LogP contribution in [0.15, 0.2) is 61.1 Å². The monoisotopic (exact) mass is 397 g/mol. The van der Waals surface area contributed by atoms with Crippen LogP contribution in [0, 0.1) is 11.3 Å². The van der Waals surface area contributed by atoms with Gasteiger partial charge in [-0.15, -0.1) is 0 Å². The van der Waals surface area contributed by atoms with Gasteiger partial charge in [0.25, 0.3) is 0 Å². The molecule has 1 aromatic carbocycles. The Morgan fingerprint density at radius 1 is 1.07 bits per heavy atom. The lowest BCUT2D eigenvalue weighted by atomic mass is 10.1. The number of aryl methyl sites for hydroxylation is 1. The second kappa shape index (κ2) is 8.11. The minimum Gasteiger partial charge on any atom is -0.438 e. The van der Waals surface area contributed by atoms with Crippen LogP contribution in [0.25, 0.3) is 22.8 Å². The first-order valence-electron chi connectivity index (χ1n) is 9.30. The third kappa shape index (κ3) is 3.87. The summed E-state index contributed by atoms with van der Waals surface area (Å²) in [7, 11) is 1.78. The van der Waals surface area contributed by atoms with Crippen molar-refractivity contribution in [1.29, 1.82) is 5.26 Å². The number of hydrogen-bond acceptors (Lipinski definition) is 7. The zero-order chi connectivity index (χ0) is 21.1. The van der Waals surface area contributed by atoms with Crippen molar-refractivity contribution in [2.75, 3.05) is 0 Å². The lowest BCUT2D eigenvalue weighted by molar-refractivity contribution is 0.432. The predicted molar refractivity (Wildman–Crippen MR) is 111 cm³/mol. The fourth-order valence-electron chi connectivity index (χ4n) is 2.87. The molecule has 0 bridgehead atoms. The highest BCUT2D eigenvalue weighted by Crippen LogP contribution is 2.33. The van der Waals surface area contributed by atoms with Crippen molar-refractivity contribution in [3.05, 3.63) is 72.2 Å². The Morgan fingerprint density at radius 2 is 1.87 bits per heavy atom. The molecule has 1 unspecified atom stereocenters. The molecule has 0 aliphatic rings. The van der Waals surface area contributed by atoms with Gasteiger partial charge in [-0.25, -0.2) is 14.6 Å². The highest BCUT2D eigenvalue weighted by atomic mass is 16.5. The summed E-state index contributed by atoms with van der Waals surface area (Å²) in [6, 6.07) is 14.5. The lowest BCUT2D eigenvalue weighted by Crippen LogP contribution is -2.06. The predicted octanol–water partition coefficient (Wildman–Crippen LogP) is 3.62. The quantitative estimate of drug-likeness (QED) is 0.547. The van der Waals surface area contributed by atoms with Crippen molar-refractivity contribution < 1.29 is 4.74 Å². The number of nitrogens with zero attached hydrogens (tertiary/aromatic N) is 6. The van der Waals surface area contributed by atoms with Gasteiger partial charge in [-0.1, -0.05) is 6.07 Å². The molecule has 0 spiro atoms. The van der Waals surface area contributed by atoms with E-state index in [1.54, 1.807) is 54.6 Å². The smallest absolute Gasteiger partial charge is 0.218 e. The SMILES string of the molecule is CC(N)c1cnc(-c2ccc(C#N)cc2Oc2cc(-c3ccccn3)nn2C)nc1. The van der Waals surface area contributed by atoms with Crippen molar-refractivity contribution in [3.8, 4) is 40.5 Å². The Hall–Kier alpha value is -4.09. The standard InChI is InChI=1S/C22H19N7O/c1-14(24)16-12-26-22(27-13-16)17-7-6-15(11-23)9-20(17)30-21-10-19(28-29(21)2)18-5-3-4-8-25-18/h3-10,12-14H,24H2,1-2H3. The topological polar surface area (TPSA) is 116 Å². The van der Waals surface area contributed by atoms with E-state index >= 15 is 0 Å². The van der Waals surface area contributed by atoms with Gasteiger partial charge >= 0.3 is 0 Å². The highest BCUT2D eigenvalue weighted by molar-refractivity contribution is 5.66. The largest absolute Gasteiger partial charge is 0.438 e. The Bertz CT molecular complexity index is 1210. The van der Waals surface area contributed by atoms with Crippen LogP contribution in [0.4, 0.5) is 0 Å². The van der Waals surface area contributed by atoms with Gasteiger partial charge in [0.05, 0.1) is 22.9 Å². The first-order valence-corrected chi connectivity index (χ1v) is 9.30. The molecule has 0 amide bonds. The number of ether oxygens (including phenoxy) is 1. The highest BCUT2D eigenvalue weighted by Gasteiger charge is 2.16. The van der Waals surface area contributed by atoms with Crippen molar-refractivity contribution >= 4 is 0 Å². The molecule has 0 saturated carbocycles. The number of hydrogen-bond donors (Lipinski definition) is 1. The van der Waals surface area contributed by atoms with Gasteiger partial charge in [-0.05, 0) is 37.3 Å². The summed E-state index contributed by atoms with van der Waals surface area (Å²) in [4.78, 5) is 13.2.